The highest BCUT2D eigenvalue weighted by atomic mass is 28.5. The maximum absolute atomic E-state index is 10.8. The minimum atomic E-state index is -2.37. The molecule has 0 radical (unpaired) electrons. The molecule has 0 heterocycles. The third-order valence-corrected chi connectivity index (χ3v) is 17.2. The van der Waals surface area contributed by atoms with E-state index < -0.39 is 33.8 Å². The van der Waals surface area contributed by atoms with Gasteiger partial charge in [0.1, 0.15) is 6.61 Å². The number of rotatable bonds is 16. The van der Waals surface area contributed by atoms with E-state index in [-0.39, 0.29) is 18.7 Å². The van der Waals surface area contributed by atoms with Gasteiger partial charge in [-0.15, -0.1) is 0 Å². The highest BCUT2D eigenvalue weighted by molar-refractivity contribution is 6.89. The first-order valence-corrected chi connectivity index (χ1v) is 23.0. The molecular formula is C19H46O7Si4. The summed E-state index contributed by atoms with van der Waals surface area (Å²) >= 11 is 0. The molecule has 0 aliphatic heterocycles. The largest absolute Gasteiger partial charge is 0.463 e. The van der Waals surface area contributed by atoms with Gasteiger partial charge in [0.25, 0.3) is 0 Å². The molecule has 2 atom stereocenters. The Hall–Kier alpha value is 0.138. The van der Waals surface area contributed by atoms with Crippen LogP contribution in [0.25, 0.3) is 0 Å². The van der Waals surface area contributed by atoms with E-state index in [2.05, 4.69) is 58.9 Å². The molecule has 30 heavy (non-hydrogen) atoms. The third kappa shape index (κ3) is 17.8. The summed E-state index contributed by atoms with van der Waals surface area (Å²) in [6, 6.07) is 0.881. The van der Waals surface area contributed by atoms with Crippen molar-refractivity contribution in [2.24, 2.45) is 0 Å². The molecule has 0 aromatic rings. The molecule has 0 fully saturated rings. The van der Waals surface area contributed by atoms with E-state index in [1.165, 1.54) is 6.92 Å². The lowest BCUT2D eigenvalue weighted by molar-refractivity contribution is -0.145. The van der Waals surface area contributed by atoms with Crippen molar-refractivity contribution in [1.29, 1.82) is 0 Å². The first-order valence-electron chi connectivity index (χ1n) is 10.9. The van der Waals surface area contributed by atoms with Gasteiger partial charge in [-0.25, -0.2) is 0 Å². The van der Waals surface area contributed by atoms with E-state index in [0.717, 1.165) is 12.5 Å². The minimum absolute atomic E-state index is 0.134. The summed E-state index contributed by atoms with van der Waals surface area (Å²) in [5, 5.41) is 0. The van der Waals surface area contributed by atoms with E-state index in [9.17, 15) is 4.79 Å². The van der Waals surface area contributed by atoms with E-state index >= 15 is 0 Å². The molecule has 11 heteroatoms. The van der Waals surface area contributed by atoms with Gasteiger partial charge < -0.3 is 26.6 Å². The van der Waals surface area contributed by atoms with Crippen molar-refractivity contribution in [3.63, 3.8) is 0 Å². The zero-order chi connectivity index (χ0) is 23.6. The second kappa shape index (κ2) is 13.0. The molecular weight excluding hydrogens is 453 g/mol. The molecule has 0 aliphatic rings. The van der Waals surface area contributed by atoms with Crippen molar-refractivity contribution in [2.75, 3.05) is 26.4 Å². The Morgan fingerprint density at radius 3 is 1.87 bits per heavy atom. The van der Waals surface area contributed by atoms with Gasteiger partial charge in [-0.3, -0.25) is 4.79 Å². The zero-order valence-electron chi connectivity index (χ0n) is 21.2. The molecule has 180 valence electrons. The smallest absolute Gasteiger partial charge is 0.315 e. The number of esters is 1. The lowest BCUT2D eigenvalue weighted by Gasteiger charge is -2.41. The van der Waals surface area contributed by atoms with E-state index in [1.54, 1.807) is 0 Å². The fourth-order valence-corrected chi connectivity index (χ4v) is 21.2. The Bertz CT molecular complexity index is 506. The first kappa shape index (κ1) is 30.1. The van der Waals surface area contributed by atoms with Crippen LogP contribution < -0.4 is 0 Å². The van der Waals surface area contributed by atoms with Crippen LogP contribution in [0, 0.1) is 0 Å². The summed E-state index contributed by atoms with van der Waals surface area (Å²) in [5.74, 6) is -0.293. The summed E-state index contributed by atoms with van der Waals surface area (Å²) < 4.78 is 35.9. The zero-order valence-corrected chi connectivity index (χ0v) is 25.2. The fraction of sp³-hybridized carbons (Fsp3) is 0.947. The maximum Gasteiger partial charge on any atom is 0.315 e. The number of carbonyl (C=O) groups is 1. The Labute approximate surface area is 188 Å². The second-order valence-corrected chi connectivity index (χ2v) is 26.7. The van der Waals surface area contributed by atoms with E-state index in [1.807, 2.05) is 6.92 Å². The summed E-state index contributed by atoms with van der Waals surface area (Å²) in [5.41, 5.74) is 0. The number of carbonyl (C=O) groups excluding carboxylic acids is 1. The number of hydrogen-bond acceptors (Lipinski definition) is 7. The molecule has 0 spiro atoms. The van der Waals surface area contributed by atoms with Crippen molar-refractivity contribution in [3.05, 3.63) is 0 Å². The van der Waals surface area contributed by atoms with Crippen LogP contribution in [0.2, 0.25) is 65.0 Å². The van der Waals surface area contributed by atoms with Gasteiger partial charge in [-0.05, 0) is 78.3 Å². The molecule has 0 rings (SSSR count). The monoisotopic (exact) mass is 498 g/mol. The lowest BCUT2D eigenvalue weighted by Crippen LogP contribution is -2.56. The van der Waals surface area contributed by atoms with Gasteiger partial charge in [-0.1, -0.05) is 0 Å². The molecule has 0 saturated carbocycles. The van der Waals surface area contributed by atoms with Gasteiger partial charge >= 0.3 is 23.1 Å². The van der Waals surface area contributed by atoms with Crippen molar-refractivity contribution in [3.8, 4) is 0 Å². The third-order valence-electron chi connectivity index (χ3n) is 3.61. The molecule has 0 N–H and O–H groups in total. The van der Waals surface area contributed by atoms with Crippen LogP contribution in [-0.2, 0) is 31.4 Å². The Kier molecular flexibility index (Phi) is 13.1. The van der Waals surface area contributed by atoms with Gasteiger partial charge in [0.15, 0.2) is 16.6 Å². The average molecular weight is 499 g/mol. The summed E-state index contributed by atoms with van der Waals surface area (Å²) in [7, 11) is -8.05. The van der Waals surface area contributed by atoms with Crippen LogP contribution in [0.5, 0.6) is 0 Å². The van der Waals surface area contributed by atoms with Gasteiger partial charge in [0, 0.05) is 13.5 Å². The predicted molar refractivity (Wildman–Crippen MR) is 131 cm³/mol. The van der Waals surface area contributed by atoms with E-state index in [0.29, 0.717) is 19.8 Å². The Balaban J connectivity index is 4.46. The highest BCUT2D eigenvalue weighted by Crippen LogP contribution is 2.27. The van der Waals surface area contributed by atoms with Gasteiger partial charge in [0.05, 0.1) is 19.3 Å². The SMILES string of the molecule is CC(=O)OCC(C)OCCOCCC[Si](C)(O[Si](C)(C)C)O[Si](C)(C)O[Si](C)(C)C. The summed E-state index contributed by atoms with van der Waals surface area (Å²) in [4.78, 5) is 10.8. The van der Waals surface area contributed by atoms with Crippen LogP contribution in [0.15, 0.2) is 0 Å². The Morgan fingerprint density at radius 1 is 0.800 bits per heavy atom. The quantitative estimate of drug-likeness (QED) is 0.171. The van der Waals surface area contributed by atoms with Crippen molar-refractivity contribution >= 4 is 39.7 Å². The number of ether oxygens (including phenoxy) is 3. The summed E-state index contributed by atoms with van der Waals surface area (Å²) in [6.07, 6.45) is 0.749. The van der Waals surface area contributed by atoms with Crippen molar-refractivity contribution < 1.29 is 31.4 Å². The Morgan fingerprint density at radius 2 is 1.37 bits per heavy atom. The number of hydrogen-bond donors (Lipinski definition) is 0. The summed E-state index contributed by atoms with van der Waals surface area (Å²) in [6.45, 7) is 24.8. The molecule has 0 aromatic heterocycles. The molecule has 0 aliphatic carbocycles. The molecule has 0 amide bonds. The topological polar surface area (TPSA) is 72.5 Å². The predicted octanol–water partition coefficient (Wildman–Crippen LogP) is 4.85. The van der Waals surface area contributed by atoms with Crippen LogP contribution in [0.4, 0.5) is 0 Å². The molecule has 0 saturated heterocycles. The highest BCUT2D eigenvalue weighted by Gasteiger charge is 2.44. The van der Waals surface area contributed by atoms with Crippen molar-refractivity contribution in [2.45, 2.75) is 91.3 Å². The lowest BCUT2D eigenvalue weighted by atomic mass is 10.4. The van der Waals surface area contributed by atoms with Crippen LogP contribution in [0.3, 0.4) is 0 Å². The molecule has 7 nitrogen and oxygen atoms in total. The van der Waals surface area contributed by atoms with Crippen LogP contribution in [-0.4, -0.2) is 72.3 Å². The second-order valence-electron chi connectivity index (χ2n) is 10.3. The first-order chi connectivity index (χ1) is 13.4. The average Bonchev–Trinajstić information content (AvgIpc) is 2.46. The van der Waals surface area contributed by atoms with Crippen LogP contribution >= 0.6 is 0 Å². The molecule has 0 aromatic carbocycles. The standard InChI is InChI=1S/C19H46O7Si4/c1-18(17-23-19(2)20)22-15-14-21-13-12-16-30(11,25-28(6,7)8)26-29(9,10)24-27(3,4)5/h18H,12-17H2,1-11H3. The maximum atomic E-state index is 10.8. The van der Waals surface area contributed by atoms with Crippen LogP contribution in [0.1, 0.15) is 20.3 Å². The molecule has 2 unspecified atom stereocenters. The van der Waals surface area contributed by atoms with Gasteiger partial charge in [-0.2, -0.15) is 0 Å². The normalized spacial score (nSPS) is 16.2. The minimum Gasteiger partial charge on any atom is -0.463 e. The van der Waals surface area contributed by atoms with Gasteiger partial charge in [0.2, 0.25) is 0 Å². The molecule has 0 bridgehead atoms. The van der Waals surface area contributed by atoms with E-state index in [4.69, 9.17) is 26.6 Å². The van der Waals surface area contributed by atoms with Crippen molar-refractivity contribution in [1.82, 2.24) is 0 Å². The fourth-order valence-electron chi connectivity index (χ4n) is 3.24.